The summed E-state index contributed by atoms with van der Waals surface area (Å²) in [4.78, 5) is 39.4. The topological polar surface area (TPSA) is 111 Å². The van der Waals surface area contributed by atoms with Gasteiger partial charge in [0.15, 0.2) is 5.13 Å². The number of nitro benzene ring substituents is 1. The monoisotopic (exact) mass is 423 g/mol. The third kappa shape index (κ3) is 5.15. The van der Waals surface area contributed by atoms with Gasteiger partial charge in [-0.15, -0.1) is 0 Å². The molecule has 2 aromatic carbocycles. The van der Waals surface area contributed by atoms with Crippen LogP contribution in [0.4, 0.5) is 10.8 Å². The molecular weight excluding hydrogens is 406 g/mol. The SMILES string of the molecule is CCOC(=O)c1sc(NC(=O)C=Cc2ccc([N+](=O)[O-])cc2)nc1-c1ccccc1. The number of benzene rings is 2. The smallest absolute Gasteiger partial charge is 0.350 e. The quantitative estimate of drug-likeness (QED) is 0.258. The molecule has 0 saturated heterocycles. The van der Waals surface area contributed by atoms with Crippen LogP contribution in [0.3, 0.4) is 0 Å². The molecule has 3 aromatic rings. The molecule has 30 heavy (non-hydrogen) atoms. The summed E-state index contributed by atoms with van der Waals surface area (Å²) < 4.78 is 5.10. The number of ether oxygens (including phenoxy) is 1. The first kappa shape index (κ1) is 20.9. The molecule has 0 aliphatic heterocycles. The van der Waals surface area contributed by atoms with Crippen molar-refractivity contribution in [3.63, 3.8) is 0 Å². The molecule has 8 nitrogen and oxygen atoms in total. The Morgan fingerprint density at radius 1 is 1.17 bits per heavy atom. The van der Waals surface area contributed by atoms with E-state index in [2.05, 4.69) is 10.3 Å². The fourth-order valence-electron chi connectivity index (χ4n) is 2.53. The average molecular weight is 423 g/mol. The van der Waals surface area contributed by atoms with E-state index in [1.165, 1.54) is 36.4 Å². The molecule has 152 valence electrons. The van der Waals surface area contributed by atoms with Gasteiger partial charge in [-0.25, -0.2) is 9.78 Å². The van der Waals surface area contributed by atoms with Gasteiger partial charge in [-0.2, -0.15) is 0 Å². The summed E-state index contributed by atoms with van der Waals surface area (Å²) in [6, 6.07) is 14.9. The van der Waals surface area contributed by atoms with Gasteiger partial charge < -0.3 is 4.74 Å². The van der Waals surface area contributed by atoms with Crippen LogP contribution in [0.15, 0.2) is 60.7 Å². The molecule has 1 amide bonds. The van der Waals surface area contributed by atoms with Crippen molar-refractivity contribution in [1.82, 2.24) is 4.98 Å². The molecule has 0 unspecified atom stereocenters. The van der Waals surface area contributed by atoms with Crippen LogP contribution in [-0.4, -0.2) is 28.4 Å². The molecule has 0 radical (unpaired) electrons. The number of non-ortho nitro benzene ring substituents is 1. The molecule has 1 N–H and O–H groups in total. The highest BCUT2D eigenvalue weighted by Gasteiger charge is 2.21. The molecule has 0 saturated carbocycles. The number of carbonyl (C=O) groups excluding carboxylic acids is 2. The predicted molar refractivity (Wildman–Crippen MR) is 114 cm³/mol. The minimum absolute atomic E-state index is 0.0284. The van der Waals surface area contributed by atoms with E-state index in [-0.39, 0.29) is 17.4 Å². The third-order valence-electron chi connectivity index (χ3n) is 3.90. The number of nitrogens with one attached hydrogen (secondary N) is 1. The van der Waals surface area contributed by atoms with Crippen molar-refractivity contribution in [2.24, 2.45) is 0 Å². The lowest BCUT2D eigenvalue weighted by atomic mass is 10.1. The van der Waals surface area contributed by atoms with Crippen LogP contribution >= 0.6 is 11.3 Å². The van der Waals surface area contributed by atoms with Crippen molar-refractivity contribution < 1.29 is 19.2 Å². The summed E-state index contributed by atoms with van der Waals surface area (Å²) >= 11 is 1.03. The van der Waals surface area contributed by atoms with E-state index in [4.69, 9.17) is 4.74 Å². The van der Waals surface area contributed by atoms with Crippen molar-refractivity contribution in [3.8, 4) is 11.3 Å². The number of nitrogens with zero attached hydrogens (tertiary/aromatic N) is 2. The van der Waals surface area contributed by atoms with Gasteiger partial charge >= 0.3 is 5.97 Å². The number of nitro groups is 1. The number of thiazole rings is 1. The maximum Gasteiger partial charge on any atom is 0.350 e. The molecule has 1 heterocycles. The highest BCUT2D eigenvalue weighted by molar-refractivity contribution is 7.18. The van der Waals surface area contributed by atoms with Crippen LogP contribution < -0.4 is 5.32 Å². The number of amides is 1. The molecule has 0 atom stereocenters. The minimum atomic E-state index is -0.504. The Hall–Kier alpha value is -3.85. The zero-order chi connectivity index (χ0) is 21.5. The van der Waals surface area contributed by atoms with Crippen molar-refractivity contribution in [2.45, 2.75) is 6.92 Å². The number of carbonyl (C=O) groups is 2. The lowest BCUT2D eigenvalue weighted by Gasteiger charge is -2.01. The standard InChI is InChI=1S/C21H17N3O5S/c1-2-29-20(26)19-18(15-6-4-3-5-7-15)23-21(30-19)22-17(25)13-10-14-8-11-16(12-9-14)24(27)28/h3-13H,2H2,1H3,(H,22,23,25). The van der Waals surface area contributed by atoms with Gasteiger partial charge in [0.1, 0.15) is 4.88 Å². The van der Waals surface area contributed by atoms with Crippen LogP contribution in [0.1, 0.15) is 22.2 Å². The van der Waals surface area contributed by atoms with Crippen molar-refractivity contribution in [3.05, 3.63) is 81.2 Å². The van der Waals surface area contributed by atoms with Gasteiger partial charge in [-0.1, -0.05) is 41.7 Å². The lowest BCUT2D eigenvalue weighted by molar-refractivity contribution is -0.384. The second kappa shape index (κ2) is 9.57. The second-order valence-corrected chi connectivity index (χ2v) is 6.95. The van der Waals surface area contributed by atoms with Crippen LogP contribution in [0, 0.1) is 10.1 Å². The van der Waals surface area contributed by atoms with Crippen molar-refractivity contribution in [1.29, 1.82) is 0 Å². The Balaban J connectivity index is 1.77. The summed E-state index contributed by atoms with van der Waals surface area (Å²) in [5.41, 5.74) is 1.78. The van der Waals surface area contributed by atoms with E-state index in [0.717, 1.165) is 16.9 Å². The molecule has 0 bridgehead atoms. The molecule has 1 aromatic heterocycles. The average Bonchev–Trinajstić information content (AvgIpc) is 3.17. The summed E-state index contributed by atoms with van der Waals surface area (Å²) in [5, 5.41) is 13.6. The van der Waals surface area contributed by atoms with Gasteiger partial charge in [-0.05, 0) is 30.7 Å². The highest BCUT2D eigenvalue weighted by Crippen LogP contribution is 2.31. The normalized spacial score (nSPS) is 10.7. The van der Waals surface area contributed by atoms with Gasteiger partial charge in [0, 0.05) is 23.8 Å². The first-order chi connectivity index (χ1) is 14.5. The van der Waals surface area contributed by atoms with E-state index >= 15 is 0 Å². The number of rotatable bonds is 7. The Labute approximate surface area is 176 Å². The first-order valence-corrected chi connectivity index (χ1v) is 9.76. The maximum absolute atomic E-state index is 12.3. The fraction of sp³-hybridized carbons (Fsp3) is 0.0952. The zero-order valence-corrected chi connectivity index (χ0v) is 16.7. The van der Waals surface area contributed by atoms with Crippen molar-refractivity contribution >= 4 is 40.1 Å². The van der Waals surface area contributed by atoms with Gasteiger partial charge in [0.05, 0.1) is 17.2 Å². The van der Waals surface area contributed by atoms with Crippen LogP contribution in [0.2, 0.25) is 0 Å². The van der Waals surface area contributed by atoms with Crippen LogP contribution in [-0.2, 0) is 9.53 Å². The molecule has 3 rings (SSSR count). The summed E-state index contributed by atoms with van der Waals surface area (Å²) in [6.07, 6.45) is 2.81. The largest absolute Gasteiger partial charge is 0.462 e. The van der Waals surface area contributed by atoms with E-state index in [9.17, 15) is 19.7 Å². The predicted octanol–water partition coefficient (Wildman–Crippen LogP) is 4.55. The molecule has 0 aliphatic carbocycles. The number of hydrogen-bond acceptors (Lipinski definition) is 7. The van der Waals surface area contributed by atoms with E-state index in [1.807, 2.05) is 30.3 Å². The van der Waals surface area contributed by atoms with E-state index in [0.29, 0.717) is 16.1 Å². The van der Waals surface area contributed by atoms with Crippen LogP contribution in [0.25, 0.3) is 17.3 Å². The zero-order valence-electron chi connectivity index (χ0n) is 15.9. The maximum atomic E-state index is 12.3. The number of anilines is 1. The minimum Gasteiger partial charge on any atom is -0.462 e. The highest BCUT2D eigenvalue weighted by atomic mass is 32.1. The Kier molecular flexibility index (Phi) is 6.66. The summed E-state index contributed by atoms with van der Waals surface area (Å²) in [5.74, 6) is -0.951. The molecular formula is C21H17N3O5S. The first-order valence-electron chi connectivity index (χ1n) is 8.95. The number of aromatic nitrogens is 1. The summed E-state index contributed by atoms with van der Waals surface area (Å²) in [7, 11) is 0. The molecule has 0 spiro atoms. The van der Waals surface area contributed by atoms with Gasteiger partial charge in [0.25, 0.3) is 5.69 Å². The summed E-state index contributed by atoms with van der Waals surface area (Å²) in [6.45, 7) is 1.94. The second-order valence-electron chi connectivity index (χ2n) is 5.95. The van der Waals surface area contributed by atoms with E-state index in [1.54, 1.807) is 6.92 Å². The van der Waals surface area contributed by atoms with Crippen molar-refractivity contribution in [2.75, 3.05) is 11.9 Å². The van der Waals surface area contributed by atoms with Gasteiger partial charge in [0.2, 0.25) is 5.91 Å². The Morgan fingerprint density at radius 2 is 1.87 bits per heavy atom. The Morgan fingerprint density at radius 3 is 2.50 bits per heavy atom. The fourth-order valence-corrected chi connectivity index (χ4v) is 3.41. The number of hydrogen-bond donors (Lipinski definition) is 1. The van der Waals surface area contributed by atoms with Gasteiger partial charge in [-0.3, -0.25) is 20.2 Å². The molecule has 0 fully saturated rings. The lowest BCUT2D eigenvalue weighted by Crippen LogP contribution is -2.07. The molecule has 9 heteroatoms. The molecule has 0 aliphatic rings. The van der Waals surface area contributed by atoms with Crippen LogP contribution in [0.5, 0.6) is 0 Å². The number of esters is 1. The third-order valence-corrected chi connectivity index (χ3v) is 4.85. The van der Waals surface area contributed by atoms with E-state index < -0.39 is 16.8 Å². The Bertz CT molecular complexity index is 1090.